The lowest BCUT2D eigenvalue weighted by molar-refractivity contribution is -0.908. The van der Waals surface area contributed by atoms with Crippen LogP contribution in [0.1, 0.15) is 0 Å². The summed E-state index contributed by atoms with van der Waals surface area (Å²) in [5.41, 5.74) is 1.65. The maximum atomic E-state index is 6.05. The first-order valence-corrected chi connectivity index (χ1v) is 6.10. The van der Waals surface area contributed by atoms with Crippen LogP contribution in [0.5, 0.6) is 0 Å². The summed E-state index contributed by atoms with van der Waals surface area (Å²) >= 11 is 12.1. The van der Waals surface area contributed by atoms with Gasteiger partial charge in [-0.1, -0.05) is 23.2 Å². The third-order valence-corrected chi connectivity index (χ3v) is 3.26. The van der Waals surface area contributed by atoms with Crippen LogP contribution >= 0.6 is 23.2 Å². The van der Waals surface area contributed by atoms with Gasteiger partial charge in [0.1, 0.15) is 10.4 Å². The van der Waals surface area contributed by atoms with E-state index < -0.39 is 0 Å². The minimum absolute atomic E-state index is 0.664. The molecular weight excluding hydrogens is 271 g/mol. The van der Waals surface area contributed by atoms with E-state index >= 15 is 0 Å². The number of benzene rings is 2. The van der Waals surface area contributed by atoms with Crippen LogP contribution in [0.15, 0.2) is 36.4 Å². The van der Waals surface area contributed by atoms with Crippen molar-refractivity contribution in [2.24, 2.45) is 0 Å². The van der Waals surface area contributed by atoms with Crippen LogP contribution in [-0.2, 0) is 0 Å². The quantitative estimate of drug-likeness (QED) is 0.506. The number of fused-ring (bicyclic) bond motifs is 3. The van der Waals surface area contributed by atoms with E-state index in [1.165, 1.54) is 4.85 Å². The smallest absolute Gasteiger partial charge is 0.248 e. The normalized spacial score (nSPS) is 11.1. The lowest BCUT2D eigenvalue weighted by Gasteiger charge is -2.01. The molecule has 3 rings (SSSR count). The number of hydrogen-bond donors (Lipinski definition) is 0. The van der Waals surface area contributed by atoms with E-state index in [0.29, 0.717) is 10.0 Å². The van der Waals surface area contributed by atoms with E-state index in [1.807, 2.05) is 24.3 Å². The van der Waals surface area contributed by atoms with Crippen LogP contribution in [0, 0.1) is 0 Å². The Morgan fingerprint density at radius 1 is 1.00 bits per heavy atom. The van der Waals surface area contributed by atoms with Gasteiger partial charge in [0.25, 0.3) is 5.52 Å². The Morgan fingerprint density at radius 3 is 2.39 bits per heavy atom. The first kappa shape index (κ1) is 11.5. The summed E-state index contributed by atoms with van der Waals surface area (Å²) in [4.78, 5) is 6.71. The molecule has 2 aromatic carbocycles. The van der Waals surface area contributed by atoms with Gasteiger partial charge in [0, 0.05) is 21.5 Å². The Kier molecular flexibility index (Phi) is 2.73. The molecule has 90 valence electrons. The molecule has 0 saturated heterocycles. The van der Waals surface area contributed by atoms with Crippen molar-refractivity contribution in [3.63, 3.8) is 0 Å². The van der Waals surface area contributed by atoms with Gasteiger partial charge in [-0.3, -0.25) is 0 Å². The molecule has 0 aliphatic carbocycles. The summed E-state index contributed by atoms with van der Waals surface area (Å²) in [5, 5.41) is 7.62. The van der Waals surface area contributed by atoms with E-state index in [4.69, 9.17) is 28.0 Å². The van der Waals surface area contributed by atoms with Crippen molar-refractivity contribution in [1.29, 1.82) is 0 Å². The minimum atomic E-state index is 0.664. The lowest BCUT2D eigenvalue weighted by Crippen LogP contribution is -2.45. The molecule has 0 fully saturated rings. The maximum absolute atomic E-state index is 6.05. The van der Waals surface area contributed by atoms with Crippen molar-refractivity contribution in [2.75, 3.05) is 7.11 Å². The molecule has 0 N–H and O–H groups in total. The fraction of sp³-hybridized carbons (Fsp3) is 0.0769. The fourth-order valence-electron chi connectivity index (χ4n) is 1.99. The Hall–Kier alpha value is -1.58. The van der Waals surface area contributed by atoms with E-state index in [0.717, 1.165) is 21.8 Å². The van der Waals surface area contributed by atoms with E-state index in [9.17, 15) is 0 Å². The molecule has 3 aromatic rings. The second-order valence-corrected chi connectivity index (χ2v) is 4.75. The van der Waals surface area contributed by atoms with Crippen molar-refractivity contribution in [3.05, 3.63) is 46.4 Å². The number of rotatable bonds is 1. The van der Waals surface area contributed by atoms with Crippen molar-refractivity contribution >= 4 is 45.0 Å². The molecule has 5 heteroatoms. The predicted octanol–water partition coefficient (Wildman–Crippen LogP) is 3.04. The summed E-state index contributed by atoms with van der Waals surface area (Å²) < 4.78 is 0. The largest absolute Gasteiger partial charge is 0.297 e. The molecule has 0 aliphatic rings. The molecule has 18 heavy (non-hydrogen) atoms. The average molecular weight is 280 g/mol. The molecule has 0 radical (unpaired) electrons. The van der Waals surface area contributed by atoms with E-state index in [-0.39, 0.29) is 0 Å². The van der Waals surface area contributed by atoms with Gasteiger partial charge < -0.3 is 0 Å². The zero-order chi connectivity index (χ0) is 12.7. The van der Waals surface area contributed by atoms with Gasteiger partial charge in [-0.2, -0.15) is 0 Å². The highest BCUT2D eigenvalue weighted by molar-refractivity contribution is 6.32. The van der Waals surface area contributed by atoms with Crippen molar-refractivity contribution < 1.29 is 9.68 Å². The van der Waals surface area contributed by atoms with Crippen LogP contribution in [0.2, 0.25) is 10.0 Å². The Bertz CT molecular complexity index is 759. The van der Waals surface area contributed by atoms with Crippen LogP contribution in [0.3, 0.4) is 0 Å². The van der Waals surface area contributed by atoms with Gasteiger partial charge in [-0.15, -0.1) is 0 Å². The average Bonchev–Trinajstić information content (AvgIpc) is 2.38. The van der Waals surface area contributed by atoms with Crippen LogP contribution in [0.4, 0.5) is 0 Å². The zero-order valence-electron chi connectivity index (χ0n) is 9.52. The summed E-state index contributed by atoms with van der Waals surface area (Å²) in [5.74, 6) is 0. The van der Waals surface area contributed by atoms with Crippen LogP contribution < -0.4 is 9.68 Å². The molecule has 0 aliphatic heterocycles. The Morgan fingerprint density at radius 2 is 1.67 bits per heavy atom. The summed E-state index contributed by atoms with van der Waals surface area (Å²) in [6, 6.07) is 11.1. The van der Waals surface area contributed by atoms with Crippen LogP contribution in [-0.4, -0.2) is 12.2 Å². The molecule has 0 unspecified atom stereocenters. The Balaban J connectivity index is 2.55. The highest BCUT2D eigenvalue weighted by atomic mass is 35.5. The molecule has 0 amide bonds. The SMILES string of the molecule is CO[n+]1nc2ccc(Cl)cc2c2cc(Cl)ccc21. The second kappa shape index (κ2) is 4.26. The summed E-state index contributed by atoms with van der Waals surface area (Å²) in [6.07, 6.45) is 0. The highest BCUT2D eigenvalue weighted by Gasteiger charge is 2.16. The van der Waals surface area contributed by atoms with Gasteiger partial charge in [-0.25, -0.2) is 4.84 Å². The molecule has 3 nitrogen and oxygen atoms in total. The van der Waals surface area contributed by atoms with Crippen molar-refractivity contribution in [1.82, 2.24) is 5.10 Å². The minimum Gasteiger partial charge on any atom is -0.248 e. The molecule has 0 bridgehead atoms. The van der Waals surface area contributed by atoms with Gasteiger partial charge in [0.15, 0.2) is 7.11 Å². The standard InChI is InChI=1S/C13H9Cl2N2O/c1-18-17-13-5-3-9(15)7-11(13)10-6-8(14)2-4-12(10)16-17/h2-7H,1H3/q+1. The highest BCUT2D eigenvalue weighted by Crippen LogP contribution is 2.26. The van der Waals surface area contributed by atoms with Crippen molar-refractivity contribution in [3.8, 4) is 0 Å². The molecule has 1 heterocycles. The number of hydrogen-bond acceptors (Lipinski definition) is 2. The summed E-state index contributed by atoms with van der Waals surface area (Å²) in [6.45, 7) is 0. The predicted molar refractivity (Wildman–Crippen MR) is 72.0 cm³/mol. The lowest BCUT2D eigenvalue weighted by atomic mass is 10.1. The number of aromatic nitrogens is 2. The molecule has 1 aromatic heterocycles. The van der Waals surface area contributed by atoms with E-state index in [2.05, 4.69) is 5.10 Å². The molecular formula is C13H9Cl2N2O+. The van der Waals surface area contributed by atoms with Gasteiger partial charge in [-0.05, 0) is 30.3 Å². The zero-order valence-corrected chi connectivity index (χ0v) is 11.0. The fourth-order valence-corrected chi connectivity index (χ4v) is 2.34. The van der Waals surface area contributed by atoms with Crippen LogP contribution in [0.25, 0.3) is 21.8 Å². The van der Waals surface area contributed by atoms with Gasteiger partial charge >= 0.3 is 0 Å². The first-order valence-electron chi connectivity index (χ1n) is 5.34. The summed E-state index contributed by atoms with van der Waals surface area (Å²) in [7, 11) is 1.57. The first-order chi connectivity index (χ1) is 8.69. The van der Waals surface area contributed by atoms with E-state index in [1.54, 1.807) is 19.2 Å². The third kappa shape index (κ3) is 1.76. The second-order valence-electron chi connectivity index (χ2n) is 3.88. The molecule has 0 spiro atoms. The molecule has 0 saturated carbocycles. The van der Waals surface area contributed by atoms with Crippen molar-refractivity contribution in [2.45, 2.75) is 0 Å². The monoisotopic (exact) mass is 279 g/mol. The number of halogens is 2. The Labute approximate surface area is 113 Å². The van der Waals surface area contributed by atoms with Gasteiger partial charge in [0.2, 0.25) is 0 Å². The third-order valence-electron chi connectivity index (χ3n) is 2.78. The van der Waals surface area contributed by atoms with Gasteiger partial charge in [0.05, 0.1) is 10.5 Å². The maximum Gasteiger partial charge on any atom is 0.297 e. The topological polar surface area (TPSA) is 26.0 Å². The number of nitrogens with zero attached hydrogens (tertiary/aromatic N) is 2. The molecule has 0 atom stereocenters.